The van der Waals surface area contributed by atoms with Crippen LogP contribution in [0, 0.1) is 0 Å². The molecule has 1 aromatic carbocycles. The van der Waals surface area contributed by atoms with Crippen LogP contribution in [0.25, 0.3) is 0 Å². The van der Waals surface area contributed by atoms with E-state index in [1.165, 1.54) is 0 Å². The van der Waals surface area contributed by atoms with Crippen LogP contribution in [0.3, 0.4) is 0 Å². The first kappa shape index (κ1) is 31.4. The highest BCUT2D eigenvalue weighted by atomic mass is 28.4. The van der Waals surface area contributed by atoms with Crippen LogP contribution in [0.1, 0.15) is 68.7 Å². The molecule has 204 valence electrons. The van der Waals surface area contributed by atoms with E-state index in [0.717, 1.165) is 6.42 Å². The summed E-state index contributed by atoms with van der Waals surface area (Å²) in [5, 5.41) is 5.55. The molecule has 0 aliphatic rings. The second-order valence-electron chi connectivity index (χ2n) is 12.0. The monoisotopic (exact) mass is 523 g/mol. The van der Waals surface area contributed by atoms with Gasteiger partial charge in [0.2, 0.25) is 5.96 Å². The van der Waals surface area contributed by atoms with E-state index < -0.39 is 31.7 Å². The van der Waals surface area contributed by atoms with Crippen molar-refractivity contribution in [1.82, 2.24) is 5.32 Å². The maximum Gasteiger partial charge on any atom is 0.437 e. The van der Waals surface area contributed by atoms with Gasteiger partial charge in [-0.2, -0.15) is 0 Å². The summed E-state index contributed by atoms with van der Waals surface area (Å²) in [6, 6.07) is 7.08. The van der Waals surface area contributed by atoms with Gasteiger partial charge in [-0.15, -0.1) is 4.99 Å². The second kappa shape index (κ2) is 12.6. The van der Waals surface area contributed by atoms with Crippen molar-refractivity contribution in [3.8, 4) is 5.75 Å². The van der Waals surface area contributed by atoms with Crippen molar-refractivity contribution in [3.63, 3.8) is 0 Å². The molecule has 2 N–H and O–H groups in total. The molecule has 0 fully saturated rings. The summed E-state index contributed by atoms with van der Waals surface area (Å²) in [5.74, 6) is 0.577. The maximum absolute atomic E-state index is 12.2. The summed E-state index contributed by atoms with van der Waals surface area (Å²) in [5.41, 5.74) is -0.857. The molecule has 0 unspecified atom stereocenters. The minimum atomic E-state index is -1.75. The fourth-order valence-electron chi connectivity index (χ4n) is 2.43. The van der Waals surface area contributed by atoms with Crippen LogP contribution < -0.4 is 15.4 Å². The van der Waals surface area contributed by atoms with Crippen molar-refractivity contribution in [3.05, 3.63) is 24.3 Å². The first-order valence-corrected chi connectivity index (χ1v) is 15.1. The van der Waals surface area contributed by atoms with Crippen molar-refractivity contribution >= 4 is 32.2 Å². The average Bonchev–Trinajstić information content (AvgIpc) is 2.64. The molecular formula is C26H45N3O6Si. The van der Waals surface area contributed by atoms with Crippen LogP contribution >= 0.6 is 0 Å². The van der Waals surface area contributed by atoms with Crippen molar-refractivity contribution in [1.29, 1.82) is 0 Å². The molecule has 0 aliphatic carbocycles. The number of guanidine groups is 1. The van der Waals surface area contributed by atoms with Gasteiger partial charge < -0.3 is 24.0 Å². The highest BCUT2D eigenvalue weighted by Gasteiger charge is 2.36. The minimum Gasteiger partial charge on any atom is -0.494 e. The van der Waals surface area contributed by atoms with Gasteiger partial charge in [0.1, 0.15) is 17.0 Å². The number of carbonyl (C=O) groups excluding carboxylic acids is 2. The smallest absolute Gasteiger partial charge is 0.437 e. The van der Waals surface area contributed by atoms with E-state index in [-0.39, 0.29) is 11.0 Å². The van der Waals surface area contributed by atoms with Crippen LogP contribution in [-0.4, -0.2) is 50.9 Å². The highest BCUT2D eigenvalue weighted by molar-refractivity contribution is 6.74. The lowest BCUT2D eigenvalue weighted by atomic mass is 10.2. The van der Waals surface area contributed by atoms with E-state index in [1.807, 2.05) is 0 Å². The summed E-state index contributed by atoms with van der Waals surface area (Å²) in [6.07, 6.45) is -0.808. The number of ether oxygens (including phenoxy) is 3. The molecular weight excluding hydrogens is 478 g/mol. The number of nitrogens with zero attached hydrogens (tertiary/aromatic N) is 1. The fraction of sp³-hybridized carbons (Fsp3) is 0.654. The lowest BCUT2D eigenvalue weighted by Crippen LogP contribution is -2.41. The van der Waals surface area contributed by atoms with Gasteiger partial charge in [-0.1, -0.05) is 20.8 Å². The molecule has 36 heavy (non-hydrogen) atoms. The SMILES string of the molecule is CC(C)(C)OC(=O)/N=C(/NC(=O)OC(C)(C)C)Nc1ccc(OCCCO[Si](C)(C)C(C)(C)C)cc1. The normalized spacial score (nSPS) is 13.1. The van der Waals surface area contributed by atoms with Crippen molar-refractivity contribution in [2.45, 2.75) is 98.1 Å². The van der Waals surface area contributed by atoms with E-state index in [2.05, 4.69) is 49.5 Å². The van der Waals surface area contributed by atoms with Crippen molar-refractivity contribution in [2.24, 2.45) is 4.99 Å². The molecule has 1 aromatic rings. The minimum absolute atomic E-state index is 0.116. The zero-order chi connectivity index (χ0) is 27.8. The summed E-state index contributed by atoms with van der Waals surface area (Å²) < 4.78 is 22.5. The van der Waals surface area contributed by atoms with Crippen LogP contribution in [-0.2, 0) is 13.9 Å². The van der Waals surface area contributed by atoms with Gasteiger partial charge in [0.15, 0.2) is 8.32 Å². The Morgan fingerprint density at radius 1 is 0.861 bits per heavy atom. The van der Waals surface area contributed by atoms with Crippen LogP contribution in [0.15, 0.2) is 29.3 Å². The lowest BCUT2D eigenvalue weighted by molar-refractivity contribution is 0.0562. The number of anilines is 1. The third-order valence-corrected chi connectivity index (χ3v) is 9.70. The largest absolute Gasteiger partial charge is 0.494 e. The van der Waals surface area contributed by atoms with Crippen LogP contribution in [0.5, 0.6) is 5.75 Å². The maximum atomic E-state index is 12.2. The molecule has 0 atom stereocenters. The zero-order valence-electron chi connectivity index (χ0n) is 23.8. The second-order valence-corrected chi connectivity index (χ2v) is 16.8. The Balaban J connectivity index is 2.74. The molecule has 0 saturated heterocycles. The van der Waals surface area contributed by atoms with Gasteiger partial charge in [0.25, 0.3) is 0 Å². The highest BCUT2D eigenvalue weighted by Crippen LogP contribution is 2.36. The molecule has 0 heterocycles. The van der Waals surface area contributed by atoms with Gasteiger partial charge in [0, 0.05) is 18.7 Å². The van der Waals surface area contributed by atoms with E-state index in [9.17, 15) is 9.59 Å². The number of nitrogens with one attached hydrogen (secondary N) is 2. The van der Waals surface area contributed by atoms with Gasteiger partial charge >= 0.3 is 12.2 Å². The number of carbonyl (C=O) groups is 2. The molecule has 2 amide bonds. The average molecular weight is 524 g/mol. The standard InChI is InChI=1S/C26H45N3O6Si/c1-24(2,3)34-22(30)28-21(29-23(31)35-25(4,5)6)27-19-13-15-20(16-14-19)32-17-12-18-33-36(10,11)26(7,8)9/h13-16H,12,17-18H2,1-11H3,(H2,27,28,29,30,31). The Kier molecular flexibility index (Phi) is 11.0. The summed E-state index contributed by atoms with van der Waals surface area (Å²) in [6.45, 7) is 22.7. The molecule has 0 aromatic heterocycles. The molecule has 9 nitrogen and oxygen atoms in total. The number of alkyl carbamates (subject to hydrolysis) is 1. The Hall–Kier alpha value is -2.59. The fourth-order valence-corrected chi connectivity index (χ4v) is 3.52. The number of hydrogen-bond donors (Lipinski definition) is 2. The van der Waals surface area contributed by atoms with E-state index in [4.69, 9.17) is 18.6 Å². The first-order chi connectivity index (χ1) is 16.3. The molecule has 10 heteroatoms. The number of aliphatic imine (C=N–C) groups is 1. The Labute approximate surface area is 217 Å². The molecule has 1 rings (SSSR count). The third-order valence-electron chi connectivity index (χ3n) is 5.16. The lowest BCUT2D eigenvalue weighted by Gasteiger charge is -2.36. The van der Waals surface area contributed by atoms with Gasteiger partial charge in [-0.05, 0) is 83.9 Å². The van der Waals surface area contributed by atoms with Gasteiger partial charge in [-0.25, -0.2) is 9.59 Å². The van der Waals surface area contributed by atoms with E-state index in [0.29, 0.717) is 24.7 Å². The molecule has 0 aliphatic heterocycles. The number of hydrogen-bond acceptors (Lipinski definition) is 6. The van der Waals surface area contributed by atoms with Gasteiger partial charge in [0.05, 0.1) is 6.61 Å². The quantitative estimate of drug-likeness (QED) is 0.177. The predicted octanol–water partition coefficient (Wildman–Crippen LogP) is 6.71. The number of benzene rings is 1. The third kappa shape index (κ3) is 12.9. The van der Waals surface area contributed by atoms with E-state index >= 15 is 0 Å². The Morgan fingerprint density at radius 3 is 1.92 bits per heavy atom. The number of amides is 2. The van der Waals surface area contributed by atoms with E-state index in [1.54, 1.807) is 65.8 Å². The molecule has 0 saturated carbocycles. The topological polar surface area (TPSA) is 107 Å². The van der Waals surface area contributed by atoms with Gasteiger partial charge in [-0.3, -0.25) is 5.32 Å². The van der Waals surface area contributed by atoms with Crippen molar-refractivity contribution in [2.75, 3.05) is 18.5 Å². The first-order valence-electron chi connectivity index (χ1n) is 12.2. The molecule has 0 radical (unpaired) electrons. The molecule has 0 bridgehead atoms. The Morgan fingerprint density at radius 2 is 1.42 bits per heavy atom. The summed E-state index contributed by atoms with van der Waals surface area (Å²) >= 11 is 0. The Bertz CT molecular complexity index is 894. The predicted molar refractivity (Wildman–Crippen MR) is 146 cm³/mol. The molecule has 0 spiro atoms. The summed E-state index contributed by atoms with van der Waals surface area (Å²) in [4.78, 5) is 28.3. The number of rotatable bonds is 7. The summed E-state index contributed by atoms with van der Waals surface area (Å²) in [7, 11) is -1.75. The van der Waals surface area contributed by atoms with Crippen LogP contribution in [0.4, 0.5) is 15.3 Å². The zero-order valence-corrected chi connectivity index (χ0v) is 24.8. The van der Waals surface area contributed by atoms with Crippen molar-refractivity contribution < 1.29 is 28.2 Å². The van der Waals surface area contributed by atoms with Crippen LogP contribution in [0.2, 0.25) is 18.1 Å².